The molecule has 0 radical (unpaired) electrons. The molecule has 0 bridgehead atoms. The van der Waals surface area contributed by atoms with E-state index in [0.717, 1.165) is 30.8 Å². The smallest absolute Gasteiger partial charge is 0.0441 e. The van der Waals surface area contributed by atoms with Crippen molar-refractivity contribution in [1.82, 2.24) is 5.32 Å². The van der Waals surface area contributed by atoms with Crippen molar-refractivity contribution in [2.24, 2.45) is 0 Å². The lowest BCUT2D eigenvalue weighted by Gasteiger charge is -2.19. The zero-order valence-electron chi connectivity index (χ0n) is 12.9. The van der Waals surface area contributed by atoms with Gasteiger partial charge in [-0.15, -0.1) is 0 Å². The second-order valence-electron chi connectivity index (χ2n) is 5.64. The van der Waals surface area contributed by atoms with Gasteiger partial charge in [-0.3, -0.25) is 0 Å². The molecule has 2 aromatic rings. The van der Waals surface area contributed by atoms with E-state index in [1.165, 1.54) is 16.7 Å². The van der Waals surface area contributed by atoms with Crippen molar-refractivity contribution in [3.05, 3.63) is 70.2 Å². The molecule has 0 aliphatic carbocycles. The van der Waals surface area contributed by atoms with Crippen molar-refractivity contribution in [3.63, 3.8) is 0 Å². The van der Waals surface area contributed by atoms with Gasteiger partial charge in [0.2, 0.25) is 0 Å². The Hall–Kier alpha value is -1.31. The molecule has 21 heavy (non-hydrogen) atoms. The maximum atomic E-state index is 6.38. The minimum Gasteiger partial charge on any atom is -0.313 e. The first-order valence-electron chi connectivity index (χ1n) is 7.71. The molecule has 0 saturated heterocycles. The number of benzene rings is 2. The molecule has 112 valence electrons. The third-order valence-corrected chi connectivity index (χ3v) is 4.03. The second kappa shape index (κ2) is 8.21. The van der Waals surface area contributed by atoms with Crippen LogP contribution in [-0.2, 0) is 12.8 Å². The number of nitrogens with one attached hydrogen (secondary N) is 1. The average Bonchev–Trinajstić information content (AvgIpc) is 2.48. The first kappa shape index (κ1) is 16.1. The Bertz CT molecular complexity index is 551. The van der Waals surface area contributed by atoms with Gasteiger partial charge in [0.1, 0.15) is 0 Å². The summed E-state index contributed by atoms with van der Waals surface area (Å²) in [7, 11) is 0. The first-order valence-corrected chi connectivity index (χ1v) is 8.09. The maximum Gasteiger partial charge on any atom is 0.0441 e. The van der Waals surface area contributed by atoms with Crippen LogP contribution in [0.4, 0.5) is 0 Å². The van der Waals surface area contributed by atoms with Crippen molar-refractivity contribution < 1.29 is 0 Å². The van der Waals surface area contributed by atoms with Crippen LogP contribution in [0.25, 0.3) is 0 Å². The van der Waals surface area contributed by atoms with Crippen LogP contribution in [0.15, 0.2) is 48.5 Å². The summed E-state index contributed by atoms with van der Waals surface area (Å²) in [5.74, 6) is 0. The van der Waals surface area contributed by atoms with Crippen LogP contribution in [0.2, 0.25) is 5.02 Å². The van der Waals surface area contributed by atoms with Crippen molar-refractivity contribution >= 4 is 11.6 Å². The van der Waals surface area contributed by atoms with E-state index in [1.54, 1.807) is 0 Å². The molecule has 0 amide bonds. The van der Waals surface area contributed by atoms with Crippen molar-refractivity contribution in [2.75, 3.05) is 6.54 Å². The van der Waals surface area contributed by atoms with Gasteiger partial charge in [0, 0.05) is 11.1 Å². The van der Waals surface area contributed by atoms with E-state index in [0.29, 0.717) is 6.04 Å². The van der Waals surface area contributed by atoms with Crippen molar-refractivity contribution in [1.29, 1.82) is 0 Å². The molecular weight excluding hydrogens is 278 g/mol. The largest absolute Gasteiger partial charge is 0.313 e. The summed E-state index contributed by atoms with van der Waals surface area (Å²) in [6, 6.07) is 17.4. The SMILES string of the molecule is CCCNC(Cc1ccccc1)Cc1ccc(C)cc1Cl. The Morgan fingerprint density at radius 2 is 1.81 bits per heavy atom. The Labute approximate surface area is 133 Å². The molecule has 1 N–H and O–H groups in total. The third kappa shape index (κ3) is 5.18. The predicted molar refractivity (Wildman–Crippen MR) is 92.1 cm³/mol. The van der Waals surface area contributed by atoms with Gasteiger partial charge >= 0.3 is 0 Å². The number of halogens is 1. The second-order valence-corrected chi connectivity index (χ2v) is 6.05. The zero-order chi connectivity index (χ0) is 15.1. The quantitative estimate of drug-likeness (QED) is 0.774. The molecule has 0 aromatic heterocycles. The van der Waals surface area contributed by atoms with Crippen LogP contribution in [0.5, 0.6) is 0 Å². The Morgan fingerprint density at radius 1 is 1.05 bits per heavy atom. The summed E-state index contributed by atoms with van der Waals surface area (Å²) >= 11 is 6.38. The Morgan fingerprint density at radius 3 is 2.48 bits per heavy atom. The van der Waals surface area contributed by atoms with E-state index in [9.17, 15) is 0 Å². The van der Waals surface area contributed by atoms with Crippen LogP contribution in [0.3, 0.4) is 0 Å². The zero-order valence-corrected chi connectivity index (χ0v) is 13.7. The molecule has 2 aromatic carbocycles. The molecule has 1 atom stereocenters. The molecule has 1 nitrogen and oxygen atoms in total. The molecule has 0 aliphatic rings. The van der Waals surface area contributed by atoms with Crippen molar-refractivity contribution in [2.45, 2.75) is 39.2 Å². The van der Waals surface area contributed by atoms with Crippen LogP contribution >= 0.6 is 11.6 Å². The molecule has 0 aliphatic heterocycles. The lowest BCUT2D eigenvalue weighted by atomic mass is 9.98. The number of aryl methyl sites for hydroxylation is 1. The van der Waals surface area contributed by atoms with E-state index in [1.807, 2.05) is 0 Å². The summed E-state index contributed by atoms with van der Waals surface area (Å²) < 4.78 is 0. The molecule has 0 saturated carbocycles. The fourth-order valence-electron chi connectivity index (χ4n) is 2.55. The molecule has 2 heteroatoms. The summed E-state index contributed by atoms with van der Waals surface area (Å²) in [5.41, 5.74) is 3.81. The maximum absolute atomic E-state index is 6.38. The van der Waals surface area contributed by atoms with E-state index in [2.05, 4.69) is 67.7 Å². The molecule has 1 unspecified atom stereocenters. The van der Waals surface area contributed by atoms with Gasteiger partial charge in [0.05, 0.1) is 0 Å². The highest BCUT2D eigenvalue weighted by Crippen LogP contribution is 2.20. The fourth-order valence-corrected chi connectivity index (χ4v) is 2.86. The lowest BCUT2D eigenvalue weighted by Crippen LogP contribution is -2.33. The topological polar surface area (TPSA) is 12.0 Å². The van der Waals surface area contributed by atoms with Crippen molar-refractivity contribution in [3.8, 4) is 0 Å². The van der Waals surface area contributed by atoms with Crippen LogP contribution in [0, 0.1) is 6.92 Å². The highest BCUT2D eigenvalue weighted by Gasteiger charge is 2.12. The van der Waals surface area contributed by atoms with Crippen LogP contribution in [0.1, 0.15) is 30.0 Å². The number of hydrogen-bond donors (Lipinski definition) is 1. The summed E-state index contributed by atoms with van der Waals surface area (Å²) in [6.45, 7) is 5.32. The number of rotatable bonds is 7. The van der Waals surface area contributed by atoms with Gasteiger partial charge < -0.3 is 5.32 Å². The summed E-state index contributed by atoms with van der Waals surface area (Å²) in [6.07, 6.45) is 3.14. The first-order chi connectivity index (χ1) is 10.2. The molecule has 0 heterocycles. The average molecular weight is 302 g/mol. The normalized spacial score (nSPS) is 12.3. The van der Waals surface area contributed by atoms with Gasteiger partial charge in [0.25, 0.3) is 0 Å². The fraction of sp³-hybridized carbons (Fsp3) is 0.368. The number of hydrogen-bond acceptors (Lipinski definition) is 1. The third-order valence-electron chi connectivity index (χ3n) is 3.68. The minimum absolute atomic E-state index is 0.424. The molecule has 2 rings (SSSR count). The highest BCUT2D eigenvalue weighted by molar-refractivity contribution is 6.31. The predicted octanol–water partition coefficient (Wildman–Crippen LogP) is 4.80. The van der Waals surface area contributed by atoms with E-state index in [-0.39, 0.29) is 0 Å². The van der Waals surface area contributed by atoms with Gasteiger partial charge in [0.15, 0.2) is 0 Å². The van der Waals surface area contributed by atoms with Gasteiger partial charge in [-0.2, -0.15) is 0 Å². The minimum atomic E-state index is 0.424. The van der Waals surface area contributed by atoms with Crippen LogP contribution in [-0.4, -0.2) is 12.6 Å². The molecule has 0 spiro atoms. The lowest BCUT2D eigenvalue weighted by molar-refractivity contribution is 0.505. The highest BCUT2D eigenvalue weighted by atomic mass is 35.5. The summed E-state index contributed by atoms with van der Waals surface area (Å²) in [4.78, 5) is 0. The van der Waals surface area contributed by atoms with E-state index >= 15 is 0 Å². The molecule has 0 fully saturated rings. The van der Waals surface area contributed by atoms with E-state index in [4.69, 9.17) is 11.6 Å². The van der Waals surface area contributed by atoms with Gasteiger partial charge in [-0.25, -0.2) is 0 Å². The van der Waals surface area contributed by atoms with Crippen LogP contribution < -0.4 is 5.32 Å². The van der Waals surface area contributed by atoms with E-state index < -0.39 is 0 Å². The molecular formula is C19H24ClN. The Kier molecular flexibility index (Phi) is 6.28. The van der Waals surface area contributed by atoms with Gasteiger partial charge in [-0.05, 0) is 55.5 Å². The monoisotopic (exact) mass is 301 g/mol. The van der Waals surface area contributed by atoms with Gasteiger partial charge in [-0.1, -0.05) is 61.0 Å². The summed E-state index contributed by atoms with van der Waals surface area (Å²) in [5, 5.41) is 4.53. The standard InChI is InChI=1S/C19H24ClN/c1-3-11-21-18(13-16-7-5-4-6-8-16)14-17-10-9-15(2)12-19(17)20/h4-10,12,18,21H,3,11,13-14H2,1-2H3. The Balaban J connectivity index is 2.08.